The fourth-order valence-electron chi connectivity index (χ4n) is 4.23. The minimum absolute atomic E-state index is 0.0792. The van der Waals surface area contributed by atoms with Crippen molar-refractivity contribution in [3.05, 3.63) is 57.3 Å². The Hall–Kier alpha value is -2.68. The van der Waals surface area contributed by atoms with E-state index in [0.717, 1.165) is 37.0 Å². The van der Waals surface area contributed by atoms with Gasteiger partial charge in [-0.15, -0.1) is 0 Å². The quantitative estimate of drug-likeness (QED) is 0.212. The molecule has 1 atom stereocenters. The second-order valence-electron chi connectivity index (χ2n) is 8.86. The molecule has 35 heavy (non-hydrogen) atoms. The van der Waals surface area contributed by atoms with Crippen molar-refractivity contribution in [1.29, 1.82) is 0 Å². The van der Waals surface area contributed by atoms with Crippen LogP contribution in [0.4, 0.5) is 4.39 Å². The number of aromatic nitrogens is 2. The molecule has 2 heterocycles. The molecular formula is C26H34FN3O4S. The zero-order valence-corrected chi connectivity index (χ0v) is 21.5. The van der Waals surface area contributed by atoms with Gasteiger partial charge in [0.25, 0.3) is 5.56 Å². The highest BCUT2D eigenvalue weighted by molar-refractivity contribution is 7.99. The number of likely N-dealkylation sites (tertiary alicyclic amines) is 1. The van der Waals surface area contributed by atoms with Crippen molar-refractivity contribution >= 4 is 23.6 Å². The summed E-state index contributed by atoms with van der Waals surface area (Å²) in [6.07, 6.45) is 4.00. The standard InChI is InChI=1S/C26H34FN3O4S/c1-4-34-25(33)20-8-7-14-30(17-20)23(31)9-5-6-15-35-26-28-18(2)22(24(32)29(26)3)16-19-10-12-21(27)13-11-19/h10-13,20H,4-9,14-17H2,1-3H3. The molecular weight excluding hydrogens is 469 g/mol. The molecule has 0 aliphatic carbocycles. The second-order valence-corrected chi connectivity index (χ2v) is 9.92. The lowest BCUT2D eigenvalue weighted by molar-refractivity contribution is -0.151. The molecule has 3 rings (SSSR count). The van der Waals surface area contributed by atoms with Crippen LogP contribution in [0.15, 0.2) is 34.2 Å². The van der Waals surface area contributed by atoms with Crippen LogP contribution in [-0.2, 0) is 27.8 Å². The average Bonchev–Trinajstić information content (AvgIpc) is 2.85. The van der Waals surface area contributed by atoms with Gasteiger partial charge < -0.3 is 9.64 Å². The Bertz CT molecular complexity index is 1090. The van der Waals surface area contributed by atoms with E-state index in [0.29, 0.717) is 49.0 Å². The first kappa shape index (κ1) is 26.9. The maximum atomic E-state index is 13.2. The largest absolute Gasteiger partial charge is 0.466 e. The molecule has 0 spiro atoms. The van der Waals surface area contributed by atoms with Gasteiger partial charge in [0.15, 0.2) is 5.16 Å². The zero-order chi connectivity index (χ0) is 25.4. The summed E-state index contributed by atoms with van der Waals surface area (Å²) in [5, 5.41) is 0.648. The lowest BCUT2D eigenvalue weighted by Gasteiger charge is -2.31. The fraction of sp³-hybridized carbons (Fsp3) is 0.538. The van der Waals surface area contributed by atoms with E-state index in [2.05, 4.69) is 4.98 Å². The summed E-state index contributed by atoms with van der Waals surface area (Å²) >= 11 is 1.51. The lowest BCUT2D eigenvalue weighted by atomic mass is 9.98. The van der Waals surface area contributed by atoms with Crippen molar-refractivity contribution < 1.29 is 18.7 Å². The number of unbranched alkanes of at least 4 members (excludes halogenated alkanes) is 1. The maximum absolute atomic E-state index is 13.2. The van der Waals surface area contributed by atoms with Crippen LogP contribution in [0.5, 0.6) is 0 Å². The number of halogens is 1. The molecule has 0 radical (unpaired) electrons. The molecule has 1 aliphatic heterocycles. The van der Waals surface area contributed by atoms with Crippen molar-refractivity contribution in [1.82, 2.24) is 14.5 Å². The van der Waals surface area contributed by atoms with Gasteiger partial charge >= 0.3 is 5.97 Å². The molecule has 1 amide bonds. The number of aryl methyl sites for hydroxylation is 1. The Balaban J connectivity index is 1.47. The number of carbonyl (C=O) groups is 2. The second kappa shape index (κ2) is 12.9. The number of esters is 1. The first-order valence-electron chi connectivity index (χ1n) is 12.2. The number of rotatable bonds is 10. The van der Waals surface area contributed by atoms with Crippen LogP contribution in [0.1, 0.15) is 55.8 Å². The Morgan fingerprint density at radius 2 is 1.97 bits per heavy atom. The van der Waals surface area contributed by atoms with Crippen LogP contribution in [0.3, 0.4) is 0 Å². The number of ether oxygens (including phenoxy) is 1. The van der Waals surface area contributed by atoms with E-state index < -0.39 is 0 Å². The normalized spacial score (nSPS) is 15.8. The maximum Gasteiger partial charge on any atom is 0.310 e. The van der Waals surface area contributed by atoms with E-state index in [4.69, 9.17) is 4.74 Å². The first-order chi connectivity index (χ1) is 16.8. The summed E-state index contributed by atoms with van der Waals surface area (Å²) in [5.74, 6) is 0.0936. The lowest BCUT2D eigenvalue weighted by Crippen LogP contribution is -2.42. The predicted molar refractivity (Wildman–Crippen MR) is 134 cm³/mol. The number of carbonyl (C=O) groups excluding carboxylic acids is 2. The van der Waals surface area contributed by atoms with E-state index in [1.807, 2.05) is 6.92 Å². The van der Waals surface area contributed by atoms with E-state index in [1.54, 1.807) is 35.6 Å². The third kappa shape index (κ3) is 7.40. The molecule has 1 aromatic heterocycles. The number of nitrogens with zero attached hydrogens (tertiary/aromatic N) is 3. The van der Waals surface area contributed by atoms with E-state index in [9.17, 15) is 18.8 Å². The molecule has 7 nitrogen and oxygen atoms in total. The molecule has 0 bridgehead atoms. The Labute approximate surface area is 210 Å². The summed E-state index contributed by atoms with van der Waals surface area (Å²) in [6, 6.07) is 6.14. The molecule has 0 N–H and O–H groups in total. The van der Waals surface area contributed by atoms with E-state index in [-0.39, 0.29) is 29.2 Å². The van der Waals surface area contributed by atoms with Gasteiger partial charge in [0, 0.05) is 50.0 Å². The molecule has 0 saturated carbocycles. The highest BCUT2D eigenvalue weighted by Crippen LogP contribution is 2.21. The Kier molecular flexibility index (Phi) is 9.89. The predicted octanol–water partition coefficient (Wildman–Crippen LogP) is 3.88. The van der Waals surface area contributed by atoms with Gasteiger partial charge in [-0.1, -0.05) is 23.9 Å². The summed E-state index contributed by atoms with van der Waals surface area (Å²) in [4.78, 5) is 43.9. The van der Waals surface area contributed by atoms with E-state index in [1.165, 1.54) is 23.9 Å². The van der Waals surface area contributed by atoms with E-state index >= 15 is 0 Å². The van der Waals surface area contributed by atoms with Crippen LogP contribution < -0.4 is 5.56 Å². The Morgan fingerprint density at radius 1 is 1.23 bits per heavy atom. The van der Waals surface area contributed by atoms with Gasteiger partial charge in [-0.3, -0.25) is 19.0 Å². The molecule has 190 valence electrons. The molecule has 1 saturated heterocycles. The van der Waals surface area contributed by atoms with Gasteiger partial charge in [-0.2, -0.15) is 0 Å². The van der Waals surface area contributed by atoms with Crippen molar-refractivity contribution in [3.8, 4) is 0 Å². The number of hydrogen-bond acceptors (Lipinski definition) is 6. The number of thioether (sulfide) groups is 1. The van der Waals surface area contributed by atoms with Crippen molar-refractivity contribution in [2.24, 2.45) is 13.0 Å². The molecule has 1 unspecified atom stereocenters. The molecule has 9 heteroatoms. The van der Waals surface area contributed by atoms with Crippen molar-refractivity contribution in [2.45, 2.75) is 57.5 Å². The number of hydrogen-bond donors (Lipinski definition) is 0. The van der Waals surface area contributed by atoms with Crippen LogP contribution >= 0.6 is 11.8 Å². The summed E-state index contributed by atoms with van der Waals surface area (Å²) in [6.45, 7) is 5.11. The van der Waals surface area contributed by atoms with Crippen molar-refractivity contribution in [2.75, 3.05) is 25.4 Å². The average molecular weight is 504 g/mol. The molecule has 1 aliphatic rings. The van der Waals surface area contributed by atoms with Crippen LogP contribution in [0.25, 0.3) is 0 Å². The SMILES string of the molecule is CCOC(=O)C1CCCN(C(=O)CCCCSc2nc(C)c(Cc3ccc(F)cc3)c(=O)n2C)C1. The smallest absolute Gasteiger partial charge is 0.310 e. The third-order valence-corrected chi connectivity index (χ3v) is 7.37. The minimum Gasteiger partial charge on any atom is -0.466 e. The first-order valence-corrected chi connectivity index (χ1v) is 13.2. The summed E-state index contributed by atoms with van der Waals surface area (Å²) < 4.78 is 19.8. The number of amides is 1. The minimum atomic E-state index is -0.304. The molecule has 2 aromatic rings. The van der Waals surface area contributed by atoms with Gasteiger partial charge in [0.1, 0.15) is 5.82 Å². The Morgan fingerprint density at radius 3 is 2.69 bits per heavy atom. The molecule has 1 aromatic carbocycles. The van der Waals surface area contributed by atoms with Gasteiger partial charge in [0.05, 0.1) is 12.5 Å². The van der Waals surface area contributed by atoms with Crippen molar-refractivity contribution in [3.63, 3.8) is 0 Å². The van der Waals surface area contributed by atoms with Crippen LogP contribution in [-0.4, -0.2) is 51.8 Å². The number of benzene rings is 1. The summed E-state index contributed by atoms with van der Waals surface area (Å²) in [5.41, 5.74) is 2.05. The molecule has 1 fully saturated rings. The third-order valence-electron chi connectivity index (χ3n) is 6.25. The fourth-order valence-corrected chi connectivity index (χ4v) is 5.23. The zero-order valence-electron chi connectivity index (χ0n) is 20.7. The van der Waals surface area contributed by atoms with Gasteiger partial charge in [-0.05, 0) is 57.2 Å². The highest BCUT2D eigenvalue weighted by Gasteiger charge is 2.29. The van der Waals surface area contributed by atoms with Gasteiger partial charge in [0.2, 0.25) is 5.91 Å². The van der Waals surface area contributed by atoms with Crippen LogP contribution in [0.2, 0.25) is 0 Å². The number of piperidine rings is 1. The van der Waals surface area contributed by atoms with Crippen LogP contribution in [0, 0.1) is 18.7 Å². The summed E-state index contributed by atoms with van der Waals surface area (Å²) in [7, 11) is 1.71. The monoisotopic (exact) mass is 503 g/mol. The van der Waals surface area contributed by atoms with Gasteiger partial charge in [-0.25, -0.2) is 9.37 Å². The highest BCUT2D eigenvalue weighted by atomic mass is 32.2. The topological polar surface area (TPSA) is 81.5 Å².